The summed E-state index contributed by atoms with van der Waals surface area (Å²) in [7, 11) is 0. The van der Waals surface area contributed by atoms with Crippen molar-refractivity contribution in [1.29, 1.82) is 0 Å². The summed E-state index contributed by atoms with van der Waals surface area (Å²) in [6.45, 7) is 9.63. The number of hydrogen-bond acceptors (Lipinski definition) is 4. The Kier molecular flexibility index (Phi) is 7.60. The van der Waals surface area contributed by atoms with Crippen LogP contribution in [-0.2, 0) is 16.1 Å². The molecule has 0 bridgehead atoms. The molecule has 7 heteroatoms. The zero-order valence-corrected chi connectivity index (χ0v) is 21.9. The monoisotopic (exact) mass is 499 g/mol. The van der Waals surface area contributed by atoms with Crippen LogP contribution in [0.25, 0.3) is 5.69 Å². The van der Waals surface area contributed by atoms with Crippen LogP contribution in [0, 0.1) is 6.92 Å². The van der Waals surface area contributed by atoms with Crippen molar-refractivity contribution in [2.75, 3.05) is 42.5 Å². The van der Waals surface area contributed by atoms with Crippen molar-refractivity contribution >= 4 is 23.2 Å². The molecule has 0 aliphatic carbocycles. The minimum absolute atomic E-state index is 0.0180. The van der Waals surface area contributed by atoms with Crippen LogP contribution in [0.15, 0.2) is 66.9 Å². The van der Waals surface area contributed by atoms with Gasteiger partial charge in [-0.1, -0.05) is 24.3 Å². The molecular weight excluding hydrogens is 462 g/mol. The number of hydrogen-bond donors (Lipinski definition) is 1. The molecule has 3 aromatic rings. The molecule has 5 rings (SSSR count). The van der Waals surface area contributed by atoms with Gasteiger partial charge in [0.05, 0.1) is 17.9 Å². The van der Waals surface area contributed by atoms with Gasteiger partial charge in [0.15, 0.2) is 0 Å². The van der Waals surface area contributed by atoms with E-state index in [2.05, 4.69) is 57.8 Å². The van der Waals surface area contributed by atoms with E-state index in [4.69, 9.17) is 0 Å². The Morgan fingerprint density at radius 1 is 0.973 bits per heavy atom. The lowest BCUT2D eigenvalue weighted by Crippen LogP contribution is -2.52. The molecule has 2 aliphatic rings. The average Bonchev–Trinajstić information content (AvgIpc) is 3.38. The lowest BCUT2D eigenvalue weighted by atomic mass is 10.1. The zero-order chi connectivity index (χ0) is 25.8. The van der Waals surface area contributed by atoms with Crippen LogP contribution < -0.4 is 15.1 Å². The SMILES string of the molecule is Cc1cccc(N2CCN(CCCNC(=O)CCC(=O)N3Cc4cccn4-c4ccccc43)CC2C)c1. The van der Waals surface area contributed by atoms with Crippen LogP contribution in [0.3, 0.4) is 0 Å². The van der Waals surface area contributed by atoms with E-state index < -0.39 is 0 Å². The maximum absolute atomic E-state index is 13.0. The first-order valence-corrected chi connectivity index (χ1v) is 13.4. The summed E-state index contributed by atoms with van der Waals surface area (Å²) >= 11 is 0. The maximum atomic E-state index is 13.0. The molecule has 0 saturated carbocycles. The van der Waals surface area contributed by atoms with E-state index in [1.807, 2.05) is 42.6 Å². The number of fused-ring (bicyclic) bond motifs is 3. The van der Waals surface area contributed by atoms with E-state index in [0.29, 0.717) is 19.1 Å². The lowest BCUT2D eigenvalue weighted by molar-refractivity contribution is -0.125. The van der Waals surface area contributed by atoms with Crippen molar-refractivity contribution in [2.45, 2.75) is 45.7 Å². The smallest absolute Gasteiger partial charge is 0.227 e. The Balaban J connectivity index is 1.03. The van der Waals surface area contributed by atoms with E-state index >= 15 is 0 Å². The second kappa shape index (κ2) is 11.2. The highest BCUT2D eigenvalue weighted by Crippen LogP contribution is 2.32. The molecule has 1 unspecified atom stereocenters. The molecule has 37 heavy (non-hydrogen) atoms. The van der Waals surface area contributed by atoms with Crippen LogP contribution >= 0.6 is 0 Å². The molecule has 7 nitrogen and oxygen atoms in total. The predicted molar refractivity (Wildman–Crippen MR) is 148 cm³/mol. The summed E-state index contributed by atoms with van der Waals surface area (Å²) in [6, 6.07) is 21.1. The highest BCUT2D eigenvalue weighted by atomic mass is 16.2. The normalized spacial score (nSPS) is 17.3. The first-order valence-electron chi connectivity index (χ1n) is 13.4. The molecule has 1 atom stereocenters. The van der Waals surface area contributed by atoms with E-state index in [0.717, 1.165) is 49.7 Å². The van der Waals surface area contributed by atoms with Crippen LogP contribution in [0.1, 0.15) is 37.4 Å². The number of amides is 2. The summed E-state index contributed by atoms with van der Waals surface area (Å²) in [4.78, 5) is 32.3. The van der Waals surface area contributed by atoms with E-state index in [-0.39, 0.29) is 24.7 Å². The van der Waals surface area contributed by atoms with E-state index in [9.17, 15) is 9.59 Å². The molecule has 1 N–H and O–H groups in total. The number of nitrogens with one attached hydrogen (secondary N) is 1. The minimum Gasteiger partial charge on any atom is -0.366 e. The van der Waals surface area contributed by atoms with Gasteiger partial charge >= 0.3 is 0 Å². The Morgan fingerprint density at radius 2 is 1.81 bits per heavy atom. The van der Waals surface area contributed by atoms with Crippen LogP contribution in [0.2, 0.25) is 0 Å². The number of rotatable bonds is 8. The summed E-state index contributed by atoms with van der Waals surface area (Å²) in [6.07, 6.45) is 3.35. The fraction of sp³-hybridized carbons (Fsp3) is 0.400. The Hall–Kier alpha value is -3.58. The highest BCUT2D eigenvalue weighted by Gasteiger charge is 2.26. The first kappa shape index (κ1) is 25.1. The first-order chi connectivity index (χ1) is 18.0. The van der Waals surface area contributed by atoms with Crippen molar-refractivity contribution in [3.63, 3.8) is 0 Å². The third-order valence-electron chi connectivity index (χ3n) is 7.47. The van der Waals surface area contributed by atoms with Gasteiger partial charge in [0.1, 0.15) is 0 Å². The predicted octanol–water partition coefficient (Wildman–Crippen LogP) is 4.13. The number of aryl methyl sites for hydroxylation is 1. The Labute approximate surface area is 219 Å². The lowest BCUT2D eigenvalue weighted by Gasteiger charge is -2.41. The summed E-state index contributed by atoms with van der Waals surface area (Å²) in [5.41, 5.74) is 5.57. The molecule has 1 saturated heterocycles. The van der Waals surface area contributed by atoms with Crippen LogP contribution in [0.4, 0.5) is 11.4 Å². The second-order valence-electron chi connectivity index (χ2n) is 10.2. The number of para-hydroxylation sites is 2. The number of benzene rings is 2. The zero-order valence-electron chi connectivity index (χ0n) is 21.9. The number of carbonyl (C=O) groups excluding carboxylic acids is 2. The van der Waals surface area contributed by atoms with Gasteiger partial charge in [0.25, 0.3) is 0 Å². The number of aromatic nitrogens is 1. The molecule has 2 aromatic carbocycles. The minimum atomic E-state index is -0.0559. The third-order valence-corrected chi connectivity index (χ3v) is 7.47. The number of piperazine rings is 1. The maximum Gasteiger partial charge on any atom is 0.227 e. The Bertz CT molecular complexity index is 1250. The fourth-order valence-corrected chi connectivity index (χ4v) is 5.55. The van der Waals surface area contributed by atoms with Gasteiger partial charge in [-0.2, -0.15) is 0 Å². The van der Waals surface area contributed by atoms with E-state index in [1.165, 1.54) is 11.3 Å². The molecule has 2 amide bonds. The molecule has 0 radical (unpaired) electrons. The largest absolute Gasteiger partial charge is 0.366 e. The molecule has 2 aliphatic heterocycles. The van der Waals surface area contributed by atoms with Crippen molar-refractivity contribution in [3.8, 4) is 5.69 Å². The quantitative estimate of drug-likeness (QED) is 0.474. The highest BCUT2D eigenvalue weighted by molar-refractivity contribution is 5.97. The van der Waals surface area contributed by atoms with Gasteiger partial charge in [-0.05, 0) is 68.8 Å². The molecule has 1 aromatic heterocycles. The van der Waals surface area contributed by atoms with Gasteiger partial charge in [0, 0.05) is 62.6 Å². The van der Waals surface area contributed by atoms with Crippen LogP contribution in [-0.4, -0.2) is 60.0 Å². The van der Waals surface area contributed by atoms with Crippen molar-refractivity contribution in [2.24, 2.45) is 0 Å². The van der Waals surface area contributed by atoms with Crippen molar-refractivity contribution in [1.82, 2.24) is 14.8 Å². The average molecular weight is 500 g/mol. The topological polar surface area (TPSA) is 60.8 Å². The fourth-order valence-electron chi connectivity index (χ4n) is 5.55. The standard InChI is InChI=1S/C30H37N5O2/c1-23-8-5-9-25(20-23)33-19-18-32(21-24(33)2)16-7-15-31-29(36)13-14-30(37)35-22-26-10-6-17-34(26)27-11-3-4-12-28(27)35/h3-6,8-12,17,20,24H,7,13-16,18-19,21-22H2,1-2H3,(H,31,36). The van der Waals surface area contributed by atoms with Crippen molar-refractivity contribution in [3.05, 3.63) is 78.1 Å². The van der Waals surface area contributed by atoms with Gasteiger partial charge in [-0.3, -0.25) is 14.5 Å². The third kappa shape index (κ3) is 5.72. The van der Waals surface area contributed by atoms with Gasteiger partial charge < -0.3 is 19.7 Å². The second-order valence-corrected chi connectivity index (χ2v) is 10.2. The molecular formula is C30H37N5O2. The molecule has 3 heterocycles. The summed E-state index contributed by atoms with van der Waals surface area (Å²) < 4.78 is 2.12. The van der Waals surface area contributed by atoms with Crippen molar-refractivity contribution < 1.29 is 9.59 Å². The number of anilines is 2. The summed E-state index contributed by atoms with van der Waals surface area (Å²) in [5, 5.41) is 3.01. The van der Waals surface area contributed by atoms with Gasteiger partial charge in [-0.15, -0.1) is 0 Å². The van der Waals surface area contributed by atoms with Gasteiger partial charge in [-0.25, -0.2) is 0 Å². The molecule has 0 spiro atoms. The van der Waals surface area contributed by atoms with Crippen LogP contribution in [0.5, 0.6) is 0 Å². The Morgan fingerprint density at radius 3 is 2.62 bits per heavy atom. The van der Waals surface area contributed by atoms with E-state index in [1.54, 1.807) is 4.90 Å². The number of carbonyl (C=O) groups is 2. The molecule has 1 fully saturated rings. The number of nitrogens with zero attached hydrogens (tertiary/aromatic N) is 4. The molecule has 194 valence electrons. The van der Waals surface area contributed by atoms with Gasteiger partial charge in [0.2, 0.25) is 11.8 Å². The summed E-state index contributed by atoms with van der Waals surface area (Å²) in [5.74, 6) is -0.0739.